The number of pyridine rings is 1. The predicted molar refractivity (Wildman–Crippen MR) is 55.3 cm³/mol. The van der Waals surface area contributed by atoms with Gasteiger partial charge in [0.1, 0.15) is 6.10 Å². The van der Waals surface area contributed by atoms with E-state index in [-0.39, 0.29) is 6.10 Å². The van der Waals surface area contributed by atoms with Crippen LogP contribution in [0.15, 0.2) is 18.3 Å². The van der Waals surface area contributed by atoms with Crippen LogP contribution in [0.25, 0.3) is 11.0 Å². The van der Waals surface area contributed by atoms with Gasteiger partial charge in [-0.15, -0.1) is 0 Å². The molecule has 0 spiro atoms. The maximum absolute atomic E-state index is 5.68. The molecular formula is C10H12N4O. The number of hydrogen-bond donors (Lipinski definition) is 1. The van der Waals surface area contributed by atoms with E-state index >= 15 is 0 Å². The second-order valence-corrected chi connectivity index (χ2v) is 3.58. The Morgan fingerprint density at radius 1 is 1.60 bits per heavy atom. The molecule has 0 saturated heterocycles. The second kappa shape index (κ2) is 3.29. The highest BCUT2D eigenvalue weighted by Gasteiger charge is 2.24. The molecule has 3 rings (SSSR count). The Morgan fingerprint density at radius 2 is 2.53 bits per heavy atom. The van der Waals surface area contributed by atoms with Crippen LogP contribution in [0.3, 0.4) is 0 Å². The molecule has 0 aromatic carbocycles. The molecule has 0 unspecified atom stereocenters. The fourth-order valence-corrected chi connectivity index (χ4v) is 2.03. The van der Waals surface area contributed by atoms with Crippen molar-refractivity contribution in [3.05, 3.63) is 24.0 Å². The Bertz CT molecular complexity index is 493. The minimum atomic E-state index is -0.0482. The minimum absolute atomic E-state index is 0.0482. The molecule has 0 fully saturated rings. The zero-order valence-electron chi connectivity index (χ0n) is 8.26. The van der Waals surface area contributed by atoms with E-state index in [2.05, 4.69) is 10.1 Å². The van der Waals surface area contributed by atoms with Crippen LogP contribution in [0.2, 0.25) is 0 Å². The van der Waals surface area contributed by atoms with E-state index in [1.165, 1.54) is 0 Å². The monoisotopic (exact) mass is 204 g/mol. The van der Waals surface area contributed by atoms with Crippen LogP contribution in [0, 0.1) is 0 Å². The molecule has 78 valence electrons. The van der Waals surface area contributed by atoms with Gasteiger partial charge in [-0.25, -0.2) is 4.98 Å². The Morgan fingerprint density at radius 3 is 3.40 bits per heavy atom. The lowest BCUT2D eigenvalue weighted by Crippen LogP contribution is -2.27. The van der Waals surface area contributed by atoms with Gasteiger partial charge in [-0.1, -0.05) is 0 Å². The largest absolute Gasteiger partial charge is 0.369 e. The summed E-state index contributed by atoms with van der Waals surface area (Å²) < 4.78 is 7.56. The van der Waals surface area contributed by atoms with Crippen molar-refractivity contribution in [1.29, 1.82) is 0 Å². The third kappa shape index (κ3) is 1.24. The van der Waals surface area contributed by atoms with Crippen molar-refractivity contribution < 1.29 is 4.74 Å². The summed E-state index contributed by atoms with van der Waals surface area (Å²) in [5.41, 5.74) is 7.52. The summed E-state index contributed by atoms with van der Waals surface area (Å²) in [6, 6.07) is 3.92. The first-order valence-electron chi connectivity index (χ1n) is 5.03. The Hall–Kier alpha value is -1.46. The van der Waals surface area contributed by atoms with E-state index in [0.29, 0.717) is 13.2 Å². The number of nitrogens with two attached hydrogens (primary N) is 1. The number of aromatic nitrogens is 3. The summed E-state index contributed by atoms with van der Waals surface area (Å²) in [5.74, 6) is 0. The average Bonchev–Trinajstić information content (AvgIpc) is 2.67. The van der Waals surface area contributed by atoms with Crippen molar-refractivity contribution in [3.8, 4) is 0 Å². The number of nitrogens with zero attached hydrogens (tertiary/aromatic N) is 3. The average molecular weight is 204 g/mol. The summed E-state index contributed by atoms with van der Waals surface area (Å²) in [6.45, 7) is 1.93. The van der Waals surface area contributed by atoms with Gasteiger partial charge in [0.05, 0.1) is 18.8 Å². The normalized spacial score (nSPS) is 20.5. The highest BCUT2D eigenvalue weighted by Crippen LogP contribution is 2.27. The maximum Gasteiger partial charge on any atom is 0.181 e. The van der Waals surface area contributed by atoms with Crippen LogP contribution >= 0.6 is 0 Å². The highest BCUT2D eigenvalue weighted by atomic mass is 16.5. The summed E-state index contributed by atoms with van der Waals surface area (Å²) >= 11 is 0. The van der Waals surface area contributed by atoms with Crippen molar-refractivity contribution in [1.82, 2.24) is 14.8 Å². The van der Waals surface area contributed by atoms with Gasteiger partial charge in [0.25, 0.3) is 0 Å². The van der Waals surface area contributed by atoms with Crippen molar-refractivity contribution in [2.45, 2.75) is 12.6 Å². The maximum atomic E-state index is 5.68. The molecule has 3 heterocycles. The lowest BCUT2D eigenvalue weighted by molar-refractivity contribution is 0.0236. The van der Waals surface area contributed by atoms with E-state index in [4.69, 9.17) is 10.5 Å². The van der Waals surface area contributed by atoms with Crippen LogP contribution in [-0.2, 0) is 11.3 Å². The molecule has 2 aromatic heterocycles. The molecular weight excluding hydrogens is 192 g/mol. The molecule has 2 N–H and O–H groups in total. The number of fused-ring (bicyclic) bond motifs is 3. The number of hydrogen-bond acceptors (Lipinski definition) is 4. The lowest BCUT2D eigenvalue weighted by atomic mass is 10.1. The summed E-state index contributed by atoms with van der Waals surface area (Å²) in [7, 11) is 0. The summed E-state index contributed by atoms with van der Waals surface area (Å²) in [5, 5.41) is 5.47. The van der Waals surface area contributed by atoms with E-state index < -0.39 is 0 Å². The highest BCUT2D eigenvalue weighted by molar-refractivity contribution is 5.78. The first-order chi connectivity index (χ1) is 7.40. The second-order valence-electron chi connectivity index (χ2n) is 3.58. The van der Waals surface area contributed by atoms with E-state index in [1.54, 1.807) is 6.20 Å². The van der Waals surface area contributed by atoms with Gasteiger partial charge in [-0.2, -0.15) is 5.10 Å². The van der Waals surface area contributed by atoms with Gasteiger partial charge < -0.3 is 10.5 Å². The van der Waals surface area contributed by atoms with Gasteiger partial charge >= 0.3 is 0 Å². The van der Waals surface area contributed by atoms with E-state index in [9.17, 15) is 0 Å². The Kier molecular flexibility index (Phi) is 1.93. The first-order valence-corrected chi connectivity index (χ1v) is 5.03. The van der Waals surface area contributed by atoms with Crippen molar-refractivity contribution in [2.75, 3.05) is 13.2 Å². The van der Waals surface area contributed by atoms with Crippen LogP contribution in [0.1, 0.15) is 11.8 Å². The van der Waals surface area contributed by atoms with Gasteiger partial charge in [0, 0.05) is 18.1 Å². The Labute approximate surface area is 86.8 Å². The first kappa shape index (κ1) is 8.82. The van der Waals surface area contributed by atoms with Crippen molar-refractivity contribution in [2.24, 2.45) is 5.73 Å². The fraction of sp³-hybridized carbons (Fsp3) is 0.400. The topological polar surface area (TPSA) is 66.0 Å². The van der Waals surface area contributed by atoms with Crippen LogP contribution in [-0.4, -0.2) is 27.9 Å². The molecule has 1 atom stereocenters. The molecule has 0 bridgehead atoms. The van der Waals surface area contributed by atoms with Crippen molar-refractivity contribution >= 4 is 11.0 Å². The van der Waals surface area contributed by atoms with Crippen molar-refractivity contribution in [3.63, 3.8) is 0 Å². The van der Waals surface area contributed by atoms with Gasteiger partial charge in [-0.05, 0) is 12.1 Å². The lowest BCUT2D eigenvalue weighted by Gasteiger charge is -2.23. The molecule has 2 aromatic rings. The molecule has 15 heavy (non-hydrogen) atoms. The van der Waals surface area contributed by atoms with Gasteiger partial charge in [0.2, 0.25) is 0 Å². The third-order valence-corrected chi connectivity index (χ3v) is 2.70. The fourth-order valence-electron chi connectivity index (χ4n) is 2.03. The van der Waals surface area contributed by atoms with Crippen LogP contribution < -0.4 is 5.73 Å². The molecule has 5 nitrogen and oxygen atoms in total. The smallest absolute Gasteiger partial charge is 0.181 e. The molecule has 0 amide bonds. The quantitative estimate of drug-likeness (QED) is 0.733. The SMILES string of the molecule is NC[C@H]1OCCn2nc3ncccc3c21. The third-order valence-electron chi connectivity index (χ3n) is 2.70. The zero-order chi connectivity index (χ0) is 10.3. The van der Waals surface area contributed by atoms with Gasteiger partial charge in [0.15, 0.2) is 5.65 Å². The number of ether oxygens (including phenoxy) is 1. The summed E-state index contributed by atoms with van der Waals surface area (Å²) in [6.07, 6.45) is 1.70. The van der Waals surface area contributed by atoms with E-state index in [1.807, 2.05) is 16.8 Å². The zero-order valence-corrected chi connectivity index (χ0v) is 8.26. The molecule has 0 saturated carbocycles. The molecule has 5 heteroatoms. The van der Waals surface area contributed by atoms with Gasteiger partial charge in [-0.3, -0.25) is 4.68 Å². The van der Waals surface area contributed by atoms with E-state index in [0.717, 1.165) is 23.3 Å². The van der Waals surface area contributed by atoms with Crippen LogP contribution in [0.4, 0.5) is 0 Å². The Balaban J connectivity index is 2.27. The minimum Gasteiger partial charge on any atom is -0.369 e. The molecule has 1 aliphatic heterocycles. The standard InChI is InChI=1S/C10H12N4O/c11-6-8-9-7-2-1-3-12-10(7)13-14(9)4-5-15-8/h1-3,8H,4-6,11H2/t8-/m1/s1. The number of rotatable bonds is 1. The molecule has 1 aliphatic rings. The molecule has 0 aliphatic carbocycles. The van der Waals surface area contributed by atoms with Crippen LogP contribution in [0.5, 0.6) is 0 Å². The predicted octanol–water partition coefficient (Wildman–Crippen LogP) is 0.461. The summed E-state index contributed by atoms with van der Waals surface area (Å²) in [4.78, 5) is 4.23. The molecule has 0 radical (unpaired) electrons.